The van der Waals surface area contributed by atoms with Gasteiger partial charge < -0.3 is 11.0 Å². The van der Waals surface area contributed by atoms with E-state index in [-0.39, 0.29) is 46.2 Å². The summed E-state index contributed by atoms with van der Waals surface area (Å²) in [5.41, 5.74) is 0. The first-order chi connectivity index (χ1) is 0. The van der Waals surface area contributed by atoms with Crippen LogP contribution in [0.5, 0.6) is 0 Å². The van der Waals surface area contributed by atoms with Crippen LogP contribution in [0.15, 0.2) is 0 Å². The normalized spacial score (nSPS) is 0. The Hall–Kier alpha value is 0.594. The van der Waals surface area contributed by atoms with E-state index in [1.807, 2.05) is 0 Å². The minimum atomic E-state index is 0. The van der Waals surface area contributed by atoms with E-state index >= 15 is 0 Å². The summed E-state index contributed by atoms with van der Waals surface area (Å²) in [4.78, 5) is 0. The molecule has 0 aromatic heterocycles. The van der Waals surface area contributed by atoms with E-state index in [4.69, 9.17) is 0 Å². The number of hydrogen-bond acceptors (Lipinski definition) is 0. The average Bonchev–Trinajstić information content (AvgIpc) is 0. The molecule has 25 valence electrons. The molecule has 5 heavy (non-hydrogen) atoms. The summed E-state index contributed by atoms with van der Waals surface area (Å²) in [6.45, 7) is 0. The van der Waals surface area contributed by atoms with Crippen molar-refractivity contribution in [3.05, 3.63) is 7.43 Å². The molecular weight excluding hydrogens is 106 g/mol. The van der Waals surface area contributed by atoms with Crippen molar-refractivity contribution < 1.29 is 32.7 Å². The third kappa shape index (κ3) is 87.6. The Kier molecular flexibility index (Phi) is 11200. The molecule has 0 rings (SSSR count). The van der Waals surface area contributed by atoms with Crippen molar-refractivity contribution in [1.82, 2.24) is 6.15 Å². The Labute approximate surface area is 46.8 Å². The fraction of sp³-hybridized carbons (Fsp3) is 0. The van der Waals surface area contributed by atoms with Gasteiger partial charge in [-0.25, -0.2) is 0 Å². The predicted molar refractivity (Wildman–Crippen MR) is 6.75 cm³/mol. The third-order valence-electron chi connectivity index (χ3n) is 0. The van der Waals surface area contributed by atoms with Crippen LogP contribution in [0.3, 0.4) is 0 Å². The van der Waals surface area contributed by atoms with Gasteiger partial charge in [0.05, 0.1) is 0 Å². The van der Waals surface area contributed by atoms with Crippen LogP contribution in [0.2, 0.25) is 0 Å². The van der Waals surface area contributed by atoms with Gasteiger partial charge >= 0.3 is 21.7 Å². The first kappa shape index (κ1) is 334. The third-order valence-corrected chi connectivity index (χ3v) is 0. The Bertz CT molecular complexity index is 9.61. The monoisotopic (exact) mass is 106 g/mol. The van der Waals surface area contributed by atoms with E-state index < -0.39 is 0 Å². The Balaban J connectivity index is 0. The van der Waals surface area contributed by atoms with E-state index in [2.05, 4.69) is 0 Å². The van der Waals surface area contributed by atoms with Crippen LogP contribution in [-0.4, -0.2) is 0 Å². The molecule has 0 amide bonds. The Morgan fingerprint density at radius 2 is 0.800 bits per heavy atom. The molecule has 0 aliphatic heterocycles. The van der Waals surface area contributed by atoms with E-state index in [1.54, 1.807) is 0 Å². The van der Waals surface area contributed by atoms with Crippen LogP contribution in [0.25, 0.3) is 0 Å². The second kappa shape index (κ2) is 168. The van der Waals surface area contributed by atoms with Crippen LogP contribution in [0, 0.1) is 7.43 Å². The Morgan fingerprint density at radius 3 is 0.800 bits per heavy atom. The molecule has 0 aromatic rings. The molecule has 0 saturated carbocycles. The number of hydrogen-bond donors (Lipinski definition) is 0. The topological polar surface area (TPSA) is 87.5 Å². The Morgan fingerprint density at radius 1 is 0.800 bits per heavy atom. The molecule has 0 unspecified atom stereocenters. The maximum Gasteiger partial charge on any atom is 4.00 e. The van der Waals surface area contributed by atoms with Gasteiger partial charge in [-0.3, -0.25) is 0 Å². The van der Waals surface area contributed by atoms with Crippen molar-refractivity contribution in [1.29, 1.82) is 0 Å². The van der Waals surface area contributed by atoms with Crippen molar-refractivity contribution in [3.8, 4) is 0 Å². The maximum absolute atomic E-state index is 0. The second-order valence-electron chi connectivity index (χ2n) is 0. The predicted octanol–water partition coefficient (Wildman–Crippen LogP) is -0.639. The summed E-state index contributed by atoms with van der Waals surface area (Å²) < 4.78 is 0. The van der Waals surface area contributed by atoms with Gasteiger partial charge in [0.15, 0.2) is 0 Å². The summed E-state index contributed by atoms with van der Waals surface area (Å²) in [6, 6.07) is 0. The van der Waals surface area contributed by atoms with E-state index in [9.17, 15) is 0 Å². The smallest absolute Gasteiger partial charge is 2.00 e. The quantitative estimate of drug-likeness (QED) is 0.367. The summed E-state index contributed by atoms with van der Waals surface area (Å²) in [5, 5.41) is 0. The molecule has 0 aliphatic carbocycles. The SMILES string of the molecule is [C].[N].[O-2].[O-2].[Ti+4]. The van der Waals surface area contributed by atoms with Gasteiger partial charge in [0.2, 0.25) is 0 Å². The molecule has 0 heterocycles. The summed E-state index contributed by atoms with van der Waals surface area (Å²) in [7, 11) is 0. The van der Waals surface area contributed by atoms with E-state index in [0.29, 0.717) is 0 Å². The van der Waals surface area contributed by atoms with Crippen LogP contribution in [0.1, 0.15) is 0 Å². The van der Waals surface area contributed by atoms with Crippen molar-refractivity contribution in [2.45, 2.75) is 0 Å². The van der Waals surface area contributed by atoms with Crippen LogP contribution in [-0.2, 0) is 32.7 Å². The van der Waals surface area contributed by atoms with Crippen LogP contribution < -0.4 is 6.15 Å². The van der Waals surface area contributed by atoms with Gasteiger partial charge in [0, 0.05) is 13.6 Å². The fourth-order valence-electron chi connectivity index (χ4n) is 0. The van der Waals surface area contributed by atoms with Gasteiger partial charge in [-0.15, -0.1) is 0 Å². The molecule has 0 fully saturated rings. The van der Waals surface area contributed by atoms with Gasteiger partial charge in [-0.05, 0) is 0 Å². The molecule has 7 radical (unpaired) electrons. The molecular formula is CNO2Ti. The molecule has 3 nitrogen and oxygen atoms in total. The molecule has 0 N–H and O–H groups in total. The zero-order valence-electron chi connectivity index (χ0n) is 2.26. The first-order valence-electron chi connectivity index (χ1n) is 0. The van der Waals surface area contributed by atoms with E-state index in [1.165, 1.54) is 0 Å². The first-order valence-corrected chi connectivity index (χ1v) is 0. The zero-order valence-corrected chi connectivity index (χ0v) is 3.83. The molecule has 0 aromatic carbocycles. The van der Waals surface area contributed by atoms with Crippen LogP contribution >= 0.6 is 0 Å². The van der Waals surface area contributed by atoms with Gasteiger partial charge in [-0.1, -0.05) is 0 Å². The van der Waals surface area contributed by atoms with Gasteiger partial charge in [0.1, 0.15) is 0 Å². The molecule has 0 atom stereocenters. The summed E-state index contributed by atoms with van der Waals surface area (Å²) in [5.74, 6) is 0. The number of nitrogens with zero attached hydrogens (tertiary/aromatic N) is 1. The van der Waals surface area contributed by atoms with Crippen molar-refractivity contribution in [2.24, 2.45) is 0 Å². The average molecular weight is 106 g/mol. The standard InChI is InChI=1S/C.N.2O.Ti/q;;2*-2;+4. The molecule has 0 bridgehead atoms. The van der Waals surface area contributed by atoms with Gasteiger partial charge in [0.25, 0.3) is 0 Å². The summed E-state index contributed by atoms with van der Waals surface area (Å²) >= 11 is 0. The van der Waals surface area contributed by atoms with Crippen molar-refractivity contribution in [3.63, 3.8) is 0 Å². The van der Waals surface area contributed by atoms with Crippen molar-refractivity contribution in [2.75, 3.05) is 0 Å². The largest absolute Gasteiger partial charge is 4.00 e. The minimum absolute atomic E-state index is 0. The number of rotatable bonds is 0. The molecule has 0 spiro atoms. The molecule has 0 saturated heterocycles. The van der Waals surface area contributed by atoms with Gasteiger partial charge in [-0.2, -0.15) is 0 Å². The molecule has 4 heteroatoms. The maximum atomic E-state index is 0. The minimum Gasteiger partial charge on any atom is -2.00 e. The van der Waals surface area contributed by atoms with E-state index in [0.717, 1.165) is 0 Å². The molecule has 0 aliphatic rings. The zero-order chi connectivity index (χ0) is 0. The fourth-order valence-corrected chi connectivity index (χ4v) is 0. The summed E-state index contributed by atoms with van der Waals surface area (Å²) in [6.07, 6.45) is 0. The second-order valence-corrected chi connectivity index (χ2v) is 0. The van der Waals surface area contributed by atoms with Crippen LogP contribution in [0.4, 0.5) is 0 Å². The van der Waals surface area contributed by atoms with Crippen molar-refractivity contribution >= 4 is 0 Å².